The first-order valence-electron chi connectivity index (χ1n) is 7.20. The van der Waals surface area contributed by atoms with Crippen molar-refractivity contribution in [3.05, 3.63) is 56.2 Å². The lowest BCUT2D eigenvalue weighted by Gasteiger charge is -2.10. The number of nitrogens with zero attached hydrogens (tertiary/aromatic N) is 4. The van der Waals surface area contributed by atoms with E-state index in [2.05, 4.69) is 4.98 Å². The summed E-state index contributed by atoms with van der Waals surface area (Å²) in [4.78, 5) is 28.9. The van der Waals surface area contributed by atoms with Crippen LogP contribution in [0.25, 0.3) is 11.2 Å². The van der Waals surface area contributed by atoms with Crippen molar-refractivity contribution in [2.75, 3.05) is 7.11 Å². The van der Waals surface area contributed by atoms with Gasteiger partial charge in [-0.05, 0) is 18.1 Å². The van der Waals surface area contributed by atoms with Crippen molar-refractivity contribution in [2.45, 2.75) is 13.5 Å². The normalized spacial score (nSPS) is 11.1. The number of aromatic nitrogens is 4. The molecule has 0 aliphatic heterocycles. The number of imidazole rings is 1. The van der Waals surface area contributed by atoms with Gasteiger partial charge in [-0.25, -0.2) is 4.79 Å². The van der Waals surface area contributed by atoms with Crippen molar-refractivity contribution >= 4 is 11.2 Å². The van der Waals surface area contributed by atoms with Crippen LogP contribution in [0.5, 0.6) is 6.01 Å². The summed E-state index contributed by atoms with van der Waals surface area (Å²) in [5, 5.41) is 0. The number of methoxy groups -OCH3 is 1. The highest BCUT2D eigenvalue weighted by Crippen LogP contribution is 2.20. The molecule has 0 spiro atoms. The van der Waals surface area contributed by atoms with E-state index in [4.69, 9.17) is 4.74 Å². The van der Waals surface area contributed by atoms with Gasteiger partial charge in [-0.15, -0.1) is 0 Å². The summed E-state index contributed by atoms with van der Waals surface area (Å²) in [5.74, 6) is 0. The number of hydrogen-bond acceptors (Lipinski definition) is 4. The number of fused-ring (bicyclic) bond motifs is 1. The Balaban J connectivity index is 2.34. The Labute approximate surface area is 132 Å². The van der Waals surface area contributed by atoms with Gasteiger partial charge in [-0.1, -0.05) is 24.3 Å². The van der Waals surface area contributed by atoms with Crippen LogP contribution < -0.4 is 16.0 Å². The third kappa shape index (κ3) is 2.25. The van der Waals surface area contributed by atoms with E-state index in [-0.39, 0.29) is 5.56 Å². The minimum atomic E-state index is -0.411. The lowest BCUT2D eigenvalue weighted by atomic mass is 10.1. The molecule has 0 atom stereocenters. The van der Waals surface area contributed by atoms with Crippen LogP contribution in [0.15, 0.2) is 33.9 Å². The fourth-order valence-corrected chi connectivity index (χ4v) is 2.69. The van der Waals surface area contributed by atoms with Crippen molar-refractivity contribution in [1.29, 1.82) is 0 Å². The molecule has 2 heterocycles. The second kappa shape index (κ2) is 5.42. The van der Waals surface area contributed by atoms with Crippen LogP contribution in [0, 0.1) is 6.92 Å². The molecule has 0 unspecified atom stereocenters. The second-order valence-electron chi connectivity index (χ2n) is 5.49. The minimum Gasteiger partial charge on any atom is -0.468 e. The highest BCUT2D eigenvalue weighted by Gasteiger charge is 2.20. The Bertz CT molecular complexity index is 1010. The average molecular weight is 314 g/mol. The van der Waals surface area contributed by atoms with Gasteiger partial charge in [0.2, 0.25) is 0 Å². The molecule has 1 aromatic carbocycles. The first kappa shape index (κ1) is 15.1. The Morgan fingerprint density at radius 2 is 1.83 bits per heavy atom. The van der Waals surface area contributed by atoms with E-state index >= 15 is 0 Å². The van der Waals surface area contributed by atoms with E-state index in [1.54, 1.807) is 11.6 Å². The van der Waals surface area contributed by atoms with Gasteiger partial charge >= 0.3 is 5.69 Å². The highest BCUT2D eigenvalue weighted by molar-refractivity contribution is 5.72. The van der Waals surface area contributed by atoms with Gasteiger partial charge < -0.3 is 4.74 Å². The standard InChI is InChI=1S/C16H18N4O3/c1-10-7-5-6-8-11(10)9-20-12-13(17-15(20)23-4)18(2)16(22)19(3)14(12)21/h5-8H,9H2,1-4H3. The van der Waals surface area contributed by atoms with Gasteiger partial charge in [0.25, 0.3) is 11.6 Å². The maximum atomic E-state index is 12.6. The summed E-state index contributed by atoms with van der Waals surface area (Å²) < 4.78 is 9.46. The Morgan fingerprint density at radius 3 is 2.48 bits per heavy atom. The van der Waals surface area contributed by atoms with E-state index in [9.17, 15) is 9.59 Å². The van der Waals surface area contributed by atoms with Crippen LogP contribution in [0.4, 0.5) is 0 Å². The highest BCUT2D eigenvalue weighted by atomic mass is 16.5. The molecule has 0 radical (unpaired) electrons. The topological polar surface area (TPSA) is 71.1 Å². The van der Waals surface area contributed by atoms with Gasteiger partial charge in [0.15, 0.2) is 11.2 Å². The summed E-state index contributed by atoms with van der Waals surface area (Å²) in [5.41, 5.74) is 2.05. The molecule has 0 amide bonds. The molecule has 0 saturated carbocycles. The van der Waals surface area contributed by atoms with Crippen LogP contribution in [-0.4, -0.2) is 25.8 Å². The second-order valence-corrected chi connectivity index (χ2v) is 5.49. The van der Waals surface area contributed by atoms with Gasteiger partial charge in [-0.3, -0.25) is 18.5 Å². The molecule has 23 heavy (non-hydrogen) atoms. The number of rotatable bonds is 3. The summed E-state index contributed by atoms with van der Waals surface area (Å²) >= 11 is 0. The Hall–Kier alpha value is -2.83. The maximum absolute atomic E-state index is 12.6. The summed E-state index contributed by atoms with van der Waals surface area (Å²) in [6.45, 7) is 2.45. The number of ether oxygens (including phenoxy) is 1. The quantitative estimate of drug-likeness (QED) is 0.717. The van der Waals surface area contributed by atoms with Gasteiger partial charge in [0, 0.05) is 14.1 Å². The number of benzene rings is 1. The van der Waals surface area contributed by atoms with Gasteiger partial charge in [-0.2, -0.15) is 4.98 Å². The molecule has 3 aromatic rings. The molecule has 7 nitrogen and oxygen atoms in total. The first-order chi connectivity index (χ1) is 11.0. The Kier molecular flexibility index (Phi) is 3.55. The fourth-order valence-electron chi connectivity index (χ4n) is 2.69. The van der Waals surface area contributed by atoms with Crippen LogP contribution >= 0.6 is 0 Å². The van der Waals surface area contributed by atoms with Crippen LogP contribution in [0.2, 0.25) is 0 Å². The number of hydrogen-bond donors (Lipinski definition) is 0. The van der Waals surface area contributed by atoms with Crippen LogP contribution in [-0.2, 0) is 20.6 Å². The van der Waals surface area contributed by atoms with E-state index < -0.39 is 5.69 Å². The van der Waals surface area contributed by atoms with Crippen molar-refractivity contribution in [3.8, 4) is 6.01 Å². The van der Waals surface area contributed by atoms with Crippen molar-refractivity contribution in [3.63, 3.8) is 0 Å². The number of aryl methyl sites for hydroxylation is 2. The molecule has 0 saturated heterocycles. The zero-order valence-corrected chi connectivity index (χ0v) is 13.5. The zero-order valence-electron chi connectivity index (χ0n) is 13.5. The van der Waals surface area contributed by atoms with Crippen molar-refractivity contribution in [2.24, 2.45) is 14.1 Å². The monoisotopic (exact) mass is 314 g/mol. The van der Waals surface area contributed by atoms with E-state index in [0.717, 1.165) is 15.7 Å². The fraction of sp³-hybridized carbons (Fsp3) is 0.312. The Morgan fingerprint density at radius 1 is 1.13 bits per heavy atom. The largest absolute Gasteiger partial charge is 0.468 e. The maximum Gasteiger partial charge on any atom is 0.332 e. The molecule has 0 aliphatic carbocycles. The van der Waals surface area contributed by atoms with Crippen molar-refractivity contribution < 1.29 is 4.74 Å². The van der Waals surface area contributed by atoms with E-state index in [1.165, 1.54) is 18.7 Å². The lowest BCUT2D eigenvalue weighted by Crippen LogP contribution is -2.37. The molecule has 120 valence electrons. The SMILES string of the molecule is COc1nc2c(c(=O)n(C)c(=O)n2C)n1Cc1ccccc1C. The van der Waals surface area contributed by atoms with Gasteiger partial charge in [0.1, 0.15) is 0 Å². The minimum absolute atomic E-state index is 0.307. The molecule has 0 fully saturated rings. The first-order valence-corrected chi connectivity index (χ1v) is 7.20. The van der Waals surface area contributed by atoms with Crippen LogP contribution in [0.3, 0.4) is 0 Å². The molecular formula is C16H18N4O3. The lowest BCUT2D eigenvalue weighted by molar-refractivity contribution is 0.363. The zero-order chi connectivity index (χ0) is 16.7. The third-order valence-corrected chi connectivity index (χ3v) is 4.09. The molecular weight excluding hydrogens is 296 g/mol. The smallest absolute Gasteiger partial charge is 0.332 e. The summed E-state index contributed by atoms with van der Waals surface area (Å²) in [7, 11) is 4.55. The molecule has 7 heteroatoms. The van der Waals surface area contributed by atoms with E-state index in [1.807, 2.05) is 31.2 Å². The third-order valence-electron chi connectivity index (χ3n) is 4.09. The average Bonchev–Trinajstić information content (AvgIpc) is 2.91. The van der Waals surface area contributed by atoms with Crippen molar-refractivity contribution in [1.82, 2.24) is 18.7 Å². The van der Waals surface area contributed by atoms with Gasteiger partial charge in [0.05, 0.1) is 13.7 Å². The summed E-state index contributed by atoms with van der Waals surface area (Å²) in [6.07, 6.45) is 0. The molecule has 2 aromatic heterocycles. The predicted molar refractivity (Wildman–Crippen MR) is 87.0 cm³/mol. The molecule has 0 N–H and O–H groups in total. The van der Waals surface area contributed by atoms with E-state index in [0.29, 0.717) is 23.7 Å². The van der Waals surface area contributed by atoms with Crippen LogP contribution in [0.1, 0.15) is 11.1 Å². The molecule has 0 aliphatic rings. The summed E-state index contributed by atoms with van der Waals surface area (Å²) in [6, 6.07) is 8.22. The predicted octanol–water partition coefficient (Wildman–Crippen LogP) is 0.799. The molecule has 0 bridgehead atoms. The molecule has 3 rings (SSSR count).